The highest BCUT2D eigenvalue weighted by Gasteiger charge is 2.20. The highest BCUT2D eigenvalue weighted by atomic mass is 35.5. The average molecular weight is 510 g/mol. The Morgan fingerprint density at radius 2 is 1.53 bits per heavy atom. The Labute approximate surface area is 214 Å². The number of amides is 1. The number of anilines is 1. The van der Waals surface area contributed by atoms with Crippen molar-refractivity contribution in [3.8, 4) is 0 Å². The Kier molecular flexibility index (Phi) is 7.30. The number of nitrogens with zero attached hydrogens (tertiary/aromatic N) is 2. The van der Waals surface area contributed by atoms with E-state index < -0.39 is 11.7 Å². The van der Waals surface area contributed by atoms with E-state index in [4.69, 9.17) is 33.9 Å². The number of carbonyl (C=O) groups is 1. The van der Waals surface area contributed by atoms with Crippen molar-refractivity contribution < 1.29 is 9.18 Å². The fraction of sp³-hybridized carbons (Fsp3) is 0.269. The molecule has 2 aliphatic heterocycles. The molecule has 0 spiro atoms. The Hall–Kier alpha value is -3.85. The van der Waals surface area contributed by atoms with E-state index in [0.717, 1.165) is 22.3 Å². The van der Waals surface area contributed by atoms with Gasteiger partial charge in [-0.05, 0) is 60.2 Å². The number of hydrogen-bond acceptors (Lipinski definition) is 3. The van der Waals surface area contributed by atoms with Gasteiger partial charge in [0.05, 0.1) is 5.02 Å². The number of benzene rings is 2. The zero-order chi connectivity index (χ0) is 26.0. The molecule has 7 N–H and O–H groups in total. The first-order valence-electron chi connectivity index (χ1n) is 11.6. The van der Waals surface area contributed by atoms with E-state index in [1.807, 2.05) is 25.1 Å². The first-order valence-corrected chi connectivity index (χ1v) is 12.0. The molecule has 188 valence electrons. The van der Waals surface area contributed by atoms with Crippen molar-refractivity contribution in [2.45, 2.75) is 19.8 Å². The molecule has 0 saturated carbocycles. The smallest absolute Gasteiger partial charge is 0.255 e. The van der Waals surface area contributed by atoms with Gasteiger partial charge < -0.3 is 26.6 Å². The minimum absolute atomic E-state index is 0.00341. The lowest BCUT2D eigenvalue weighted by atomic mass is 9.96. The van der Waals surface area contributed by atoms with Crippen LogP contribution in [0.4, 0.5) is 10.1 Å². The summed E-state index contributed by atoms with van der Waals surface area (Å²) in [6, 6.07) is 8.11. The molecular weight excluding hydrogens is 481 g/mol. The predicted octanol–water partition coefficient (Wildman–Crippen LogP) is 4.00. The molecule has 2 aliphatic rings. The van der Waals surface area contributed by atoms with Crippen molar-refractivity contribution >= 4 is 46.3 Å². The molecule has 0 radical (unpaired) electrons. The molecule has 1 amide bonds. The van der Waals surface area contributed by atoms with Crippen LogP contribution in [0.15, 0.2) is 42.5 Å². The molecule has 0 saturated heterocycles. The lowest BCUT2D eigenvalue weighted by molar-refractivity contribution is 0.102. The SMILES string of the molecule is Cc1c(NC(=O)c2ccc(C3=CCN(C(=N)N)CC3)c(F)c2)ccc(C2=CCN(C(=N)N)CC2)c1Cl. The number of carbonyl (C=O) groups excluding carboxylic acids is 1. The van der Waals surface area contributed by atoms with Gasteiger partial charge in [0.2, 0.25) is 0 Å². The molecule has 0 bridgehead atoms. The number of nitrogens with two attached hydrogens (primary N) is 2. The van der Waals surface area contributed by atoms with Gasteiger partial charge in [0.25, 0.3) is 5.91 Å². The van der Waals surface area contributed by atoms with Crippen molar-refractivity contribution in [3.05, 3.63) is 75.6 Å². The van der Waals surface area contributed by atoms with E-state index in [1.54, 1.807) is 28.0 Å². The summed E-state index contributed by atoms with van der Waals surface area (Å²) in [5.74, 6) is -0.859. The molecule has 4 rings (SSSR count). The minimum atomic E-state index is -0.473. The van der Waals surface area contributed by atoms with Gasteiger partial charge in [-0.2, -0.15) is 0 Å². The van der Waals surface area contributed by atoms with Crippen molar-refractivity contribution in [1.82, 2.24) is 9.80 Å². The molecular formula is C26H29ClFN7O. The summed E-state index contributed by atoms with van der Waals surface area (Å²) in [4.78, 5) is 16.4. The molecule has 0 unspecified atom stereocenters. The standard InChI is InChI=1S/C26H29ClFN7O/c1-15-22(5-4-20(23(15)27)17-8-12-35(13-9-17)26(31)32)33-24(36)18-2-3-19(21(28)14-18)16-6-10-34(11-7-16)25(29)30/h2-6,8,14H,7,9-13H2,1H3,(H3,29,30)(H3,31,32)(H,33,36). The molecule has 2 heterocycles. The van der Waals surface area contributed by atoms with Gasteiger partial charge in [-0.15, -0.1) is 0 Å². The number of halogens is 2. The van der Waals surface area contributed by atoms with E-state index >= 15 is 0 Å². The maximum absolute atomic E-state index is 14.9. The van der Waals surface area contributed by atoms with Crippen LogP contribution in [0.1, 0.15) is 39.9 Å². The topological polar surface area (TPSA) is 135 Å². The van der Waals surface area contributed by atoms with E-state index in [2.05, 4.69) is 5.32 Å². The second-order valence-electron chi connectivity index (χ2n) is 8.87. The number of rotatable bonds is 4. The summed E-state index contributed by atoms with van der Waals surface area (Å²) in [5.41, 5.74) is 15.8. The summed E-state index contributed by atoms with van der Waals surface area (Å²) in [5, 5.41) is 18.5. The lowest BCUT2D eigenvalue weighted by Gasteiger charge is -2.27. The summed E-state index contributed by atoms with van der Waals surface area (Å²) in [7, 11) is 0. The Morgan fingerprint density at radius 1 is 0.972 bits per heavy atom. The highest BCUT2D eigenvalue weighted by molar-refractivity contribution is 6.33. The van der Waals surface area contributed by atoms with Gasteiger partial charge in [0.15, 0.2) is 11.9 Å². The minimum Gasteiger partial charge on any atom is -0.370 e. The zero-order valence-electron chi connectivity index (χ0n) is 20.0. The molecule has 0 aromatic heterocycles. The number of nitrogens with one attached hydrogen (secondary N) is 3. The molecule has 0 aliphatic carbocycles. The monoisotopic (exact) mass is 509 g/mol. The normalized spacial score (nSPS) is 15.8. The first kappa shape index (κ1) is 25.2. The summed E-state index contributed by atoms with van der Waals surface area (Å²) in [6.45, 7) is 4.02. The van der Waals surface area contributed by atoms with E-state index in [0.29, 0.717) is 55.3 Å². The van der Waals surface area contributed by atoms with Crippen LogP contribution in [0.25, 0.3) is 11.1 Å². The third kappa shape index (κ3) is 5.21. The Bertz CT molecular complexity index is 1300. The highest BCUT2D eigenvalue weighted by Crippen LogP contribution is 2.34. The fourth-order valence-corrected chi connectivity index (χ4v) is 4.73. The molecule has 8 nitrogen and oxygen atoms in total. The summed E-state index contributed by atoms with van der Waals surface area (Å²) >= 11 is 6.66. The van der Waals surface area contributed by atoms with Crippen molar-refractivity contribution in [2.75, 3.05) is 31.5 Å². The first-order chi connectivity index (χ1) is 17.2. The molecule has 0 atom stereocenters. The lowest BCUT2D eigenvalue weighted by Crippen LogP contribution is -2.39. The van der Waals surface area contributed by atoms with E-state index in [-0.39, 0.29) is 17.5 Å². The quantitative estimate of drug-likeness (QED) is 0.313. The summed E-state index contributed by atoms with van der Waals surface area (Å²) < 4.78 is 14.9. The van der Waals surface area contributed by atoms with Crippen LogP contribution < -0.4 is 16.8 Å². The maximum Gasteiger partial charge on any atom is 0.255 e. The zero-order valence-corrected chi connectivity index (χ0v) is 20.8. The van der Waals surface area contributed by atoms with Crippen LogP contribution in [0.3, 0.4) is 0 Å². The molecule has 2 aromatic rings. The van der Waals surface area contributed by atoms with Crippen molar-refractivity contribution in [2.24, 2.45) is 11.5 Å². The van der Waals surface area contributed by atoms with Crippen LogP contribution in [0.2, 0.25) is 5.02 Å². The van der Waals surface area contributed by atoms with Crippen LogP contribution in [-0.2, 0) is 0 Å². The molecule has 10 heteroatoms. The van der Waals surface area contributed by atoms with Crippen LogP contribution in [-0.4, -0.2) is 53.8 Å². The van der Waals surface area contributed by atoms with Crippen LogP contribution in [0, 0.1) is 23.6 Å². The number of guanidine groups is 2. The van der Waals surface area contributed by atoms with Crippen LogP contribution in [0.5, 0.6) is 0 Å². The maximum atomic E-state index is 14.9. The van der Waals surface area contributed by atoms with Gasteiger partial charge in [-0.25, -0.2) is 4.39 Å². The van der Waals surface area contributed by atoms with E-state index in [9.17, 15) is 9.18 Å². The summed E-state index contributed by atoms with van der Waals surface area (Å²) in [6.07, 6.45) is 5.14. The second kappa shape index (κ2) is 10.4. The molecule has 36 heavy (non-hydrogen) atoms. The van der Waals surface area contributed by atoms with Crippen molar-refractivity contribution in [1.29, 1.82) is 10.8 Å². The fourth-order valence-electron chi connectivity index (χ4n) is 4.44. The van der Waals surface area contributed by atoms with Crippen LogP contribution >= 0.6 is 11.6 Å². The number of hydrogen-bond donors (Lipinski definition) is 5. The Morgan fingerprint density at radius 3 is 2.03 bits per heavy atom. The van der Waals surface area contributed by atoms with Gasteiger partial charge >= 0.3 is 0 Å². The van der Waals surface area contributed by atoms with Gasteiger partial charge in [0.1, 0.15) is 5.82 Å². The molecule has 2 aromatic carbocycles. The average Bonchev–Trinajstić information content (AvgIpc) is 2.87. The Balaban J connectivity index is 1.48. The molecule has 0 fully saturated rings. The van der Waals surface area contributed by atoms with Gasteiger partial charge in [-0.1, -0.05) is 35.9 Å². The third-order valence-corrected chi connectivity index (χ3v) is 7.14. The van der Waals surface area contributed by atoms with Crippen molar-refractivity contribution in [3.63, 3.8) is 0 Å². The van der Waals surface area contributed by atoms with Gasteiger partial charge in [0, 0.05) is 43.0 Å². The second-order valence-corrected chi connectivity index (χ2v) is 9.25. The van der Waals surface area contributed by atoms with Gasteiger partial charge in [-0.3, -0.25) is 15.6 Å². The van der Waals surface area contributed by atoms with E-state index in [1.165, 1.54) is 6.07 Å². The largest absolute Gasteiger partial charge is 0.370 e. The third-order valence-electron chi connectivity index (χ3n) is 6.66. The predicted molar refractivity (Wildman–Crippen MR) is 143 cm³/mol.